The molecule has 2 amide bonds. The second kappa shape index (κ2) is 8.11. The Labute approximate surface area is 151 Å². The third-order valence-corrected chi connectivity index (χ3v) is 3.92. The van der Waals surface area contributed by atoms with E-state index in [1.54, 1.807) is 12.5 Å². The number of hydrogen-bond donors (Lipinski definition) is 2. The van der Waals surface area contributed by atoms with Crippen molar-refractivity contribution in [3.63, 3.8) is 0 Å². The zero-order chi connectivity index (χ0) is 18.4. The van der Waals surface area contributed by atoms with Crippen molar-refractivity contribution in [2.45, 2.75) is 19.4 Å². The molecule has 0 aliphatic carbocycles. The predicted octanol–water partition coefficient (Wildman–Crippen LogP) is 3.08. The van der Waals surface area contributed by atoms with Gasteiger partial charge in [0.15, 0.2) is 0 Å². The van der Waals surface area contributed by atoms with Gasteiger partial charge in [-0.2, -0.15) is 0 Å². The topological polar surface area (TPSA) is 76.0 Å². The standard InChI is InChI=1S/C20H20N4O2/c1-15(25)22-19(16-5-3-2-4-6-16)13-20(26)23-17-7-9-18(10-8-17)24-12-11-21-14-24/h2-12,14,19H,13H2,1H3,(H,22,25)(H,23,26). The van der Waals surface area contributed by atoms with E-state index < -0.39 is 0 Å². The summed E-state index contributed by atoms with van der Waals surface area (Å²) < 4.78 is 1.88. The summed E-state index contributed by atoms with van der Waals surface area (Å²) in [5.41, 5.74) is 2.56. The quantitative estimate of drug-likeness (QED) is 0.719. The van der Waals surface area contributed by atoms with Crippen LogP contribution in [0.1, 0.15) is 24.9 Å². The largest absolute Gasteiger partial charge is 0.349 e. The number of hydrogen-bond acceptors (Lipinski definition) is 3. The Hall–Kier alpha value is -3.41. The van der Waals surface area contributed by atoms with Crippen molar-refractivity contribution in [2.24, 2.45) is 0 Å². The first-order chi connectivity index (χ1) is 12.6. The van der Waals surface area contributed by atoms with Gasteiger partial charge in [-0.15, -0.1) is 0 Å². The molecule has 0 radical (unpaired) electrons. The molecular weight excluding hydrogens is 328 g/mol. The molecular formula is C20H20N4O2. The predicted molar refractivity (Wildman–Crippen MR) is 99.8 cm³/mol. The fourth-order valence-corrected chi connectivity index (χ4v) is 2.71. The molecule has 6 heteroatoms. The number of imidazole rings is 1. The van der Waals surface area contributed by atoms with Gasteiger partial charge in [-0.05, 0) is 29.8 Å². The van der Waals surface area contributed by atoms with Crippen molar-refractivity contribution in [1.29, 1.82) is 0 Å². The van der Waals surface area contributed by atoms with Crippen LogP contribution in [0.4, 0.5) is 5.69 Å². The summed E-state index contributed by atoms with van der Waals surface area (Å²) in [6, 6.07) is 16.6. The summed E-state index contributed by atoms with van der Waals surface area (Å²) in [6.45, 7) is 1.45. The number of rotatable bonds is 6. The average molecular weight is 348 g/mol. The van der Waals surface area contributed by atoms with Gasteiger partial charge in [-0.3, -0.25) is 9.59 Å². The number of nitrogens with zero attached hydrogens (tertiary/aromatic N) is 2. The lowest BCUT2D eigenvalue weighted by Gasteiger charge is -2.18. The highest BCUT2D eigenvalue weighted by molar-refractivity contribution is 5.91. The van der Waals surface area contributed by atoms with E-state index in [1.165, 1.54) is 6.92 Å². The summed E-state index contributed by atoms with van der Waals surface area (Å²) in [5.74, 6) is -0.334. The summed E-state index contributed by atoms with van der Waals surface area (Å²) in [4.78, 5) is 27.9. The van der Waals surface area contributed by atoms with Crippen molar-refractivity contribution in [3.8, 4) is 5.69 Å². The van der Waals surface area contributed by atoms with E-state index in [2.05, 4.69) is 15.6 Å². The number of benzene rings is 2. The molecule has 0 aliphatic rings. The van der Waals surface area contributed by atoms with Gasteiger partial charge in [-0.25, -0.2) is 4.98 Å². The second-order valence-electron chi connectivity index (χ2n) is 5.93. The maximum absolute atomic E-state index is 12.4. The van der Waals surface area contributed by atoms with Gasteiger partial charge in [0, 0.05) is 30.7 Å². The van der Waals surface area contributed by atoms with Crippen molar-refractivity contribution < 1.29 is 9.59 Å². The van der Waals surface area contributed by atoms with Gasteiger partial charge >= 0.3 is 0 Å². The van der Waals surface area contributed by atoms with E-state index in [1.807, 2.05) is 65.4 Å². The number of aromatic nitrogens is 2. The van der Waals surface area contributed by atoms with Crippen LogP contribution in [0.2, 0.25) is 0 Å². The highest BCUT2D eigenvalue weighted by Gasteiger charge is 2.17. The van der Waals surface area contributed by atoms with Crippen molar-refractivity contribution in [1.82, 2.24) is 14.9 Å². The molecule has 1 atom stereocenters. The Morgan fingerprint density at radius 3 is 2.42 bits per heavy atom. The van der Waals surface area contributed by atoms with Crippen molar-refractivity contribution in [3.05, 3.63) is 78.9 Å². The zero-order valence-corrected chi connectivity index (χ0v) is 14.4. The average Bonchev–Trinajstić information content (AvgIpc) is 3.17. The van der Waals surface area contributed by atoms with Gasteiger partial charge in [0.05, 0.1) is 18.8 Å². The molecule has 0 aliphatic heterocycles. The monoisotopic (exact) mass is 348 g/mol. The fraction of sp³-hybridized carbons (Fsp3) is 0.150. The smallest absolute Gasteiger partial charge is 0.226 e. The third kappa shape index (κ3) is 4.57. The molecule has 1 aromatic heterocycles. The normalized spacial score (nSPS) is 11.6. The SMILES string of the molecule is CC(=O)NC(CC(=O)Nc1ccc(-n2ccnc2)cc1)c1ccccc1. The van der Waals surface area contributed by atoms with Crippen LogP contribution in [0.3, 0.4) is 0 Å². The molecule has 0 spiro atoms. The van der Waals surface area contributed by atoms with Gasteiger partial charge in [-0.1, -0.05) is 30.3 Å². The molecule has 3 aromatic rings. The minimum absolute atomic E-state index is 0.160. The fourth-order valence-electron chi connectivity index (χ4n) is 2.71. The van der Waals surface area contributed by atoms with Gasteiger partial charge in [0.2, 0.25) is 11.8 Å². The Kier molecular flexibility index (Phi) is 5.43. The highest BCUT2D eigenvalue weighted by atomic mass is 16.2. The number of amides is 2. The summed E-state index contributed by atoms with van der Waals surface area (Å²) >= 11 is 0. The maximum Gasteiger partial charge on any atom is 0.226 e. The minimum Gasteiger partial charge on any atom is -0.349 e. The van der Waals surface area contributed by atoms with Crippen LogP contribution < -0.4 is 10.6 Å². The number of carbonyl (C=O) groups excluding carboxylic acids is 2. The summed E-state index contributed by atoms with van der Waals surface area (Å²) in [7, 11) is 0. The van der Waals surface area contributed by atoms with Gasteiger partial charge < -0.3 is 15.2 Å². The zero-order valence-electron chi connectivity index (χ0n) is 14.4. The van der Waals surface area contributed by atoms with Crippen molar-refractivity contribution in [2.75, 3.05) is 5.32 Å². The van der Waals surface area contributed by atoms with Crippen LogP contribution in [0.15, 0.2) is 73.3 Å². The number of nitrogens with one attached hydrogen (secondary N) is 2. The molecule has 0 saturated carbocycles. The third-order valence-electron chi connectivity index (χ3n) is 3.92. The first-order valence-corrected chi connectivity index (χ1v) is 8.32. The summed E-state index contributed by atoms with van der Waals surface area (Å²) in [6.07, 6.45) is 5.44. The van der Waals surface area contributed by atoms with E-state index >= 15 is 0 Å². The van der Waals surface area contributed by atoms with Crippen molar-refractivity contribution >= 4 is 17.5 Å². The van der Waals surface area contributed by atoms with Crippen LogP contribution in [-0.4, -0.2) is 21.4 Å². The van der Waals surface area contributed by atoms with E-state index in [4.69, 9.17) is 0 Å². The number of carbonyl (C=O) groups is 2. The second-order valence-corrected chi connectivity index (χ2v) is 5.93. The van der Waals surface area contributed by atoms with E-state index in [-0.39, 0.29) is 24.3 Å². The van der Waals surface area contributed by atoms with Crippen LogP contribution in [-0.2, 0) is 9.59 Å². The van der Waals surface area contributed by atoms with E-state index in [9.17, 15) is 9.59 Å². The molecule has 2 N–H and O–H groups in total. The van der Waals surface area contributed by atoms with Gasteiger partial charge in [0.1, 0.15) is 0 Å². The Morgan fingerprint density at radius 2 is 1.81 bits per heavy atom. The van der Waals surface area contributed by atoms with Gasteiger partial charge in [0.25, 0.3) is 0 Å². The molecule has 3 rings (SSSR count). The minimum atomic E-state index is -0.362. The van der Waals surface area contributed by atoms with Crippen LogP contribution in [0.5, 0.6) is 0 Å². The Morgan fingerprint density at radius 1 is 1.08 bits per heavy atom. The van der Waals surface area contributed by atoms with E-state index in [0.29, 0.717) is 5.69 Å². The molecule has 0 bridgehead atoms. The molecule has 1 unspecified atom stereocenters. The molecule has 0 fully saturated rings. The molecule has 1 heterocycles. The van der Waals surface area contributed by atoms with Crippen LogP contribution in [0, 0.1) is 0 Å². The van der Waals surface area contributed by atoms with Crippen LogP contribution in [0.25, 0.3) is 5.69 Å². The molecule has 132 valence electrons. The first-order valence-electron chi connectivity index (χ1n) is 8.32. The lowest BCUT2D eigenvalue weighted by Crippen LogP contribution is -2.29. The van der Waals surface area contributed by atoms with Crippen LogP contribution >= 0.6 is 0 Å². The molecule has 26 heavy (non-hydrogen) atoms. The first kappa shape index (κ1) is 17.4. The lowest BCUT2D eigenvalue weighted by atomic mass is 10.0. The highest BCUT2D eigenvalue weighted by Crippen LogP contribution is 2.18. The molecule has 6 nitrogen and oxygen atoms in total. The molecule has 2 aromatic carbocycles. The van der Waals surface area contributed by atoms with E-state index in [0.717, 1.165) is 11.3 Å². The Bertz CT molecular complexity index is 859. The maximum atomic E-state index is 12.4. The molecule has 0 saturated heterocycles. The lowest BCUT2D eigenvalue weighted by molar-refractivity contribution is -0.120. The summed E-state index contributed by atoms with van der Waals surface area (Å²) in [5, 5.41) is 5.70. The Balaban J connectivity index is 1.65. The number of anilines is 1.